The van der Waals surface area contributed by atoms with Gasteiger partial charge < -0.3 is 10.0 Å². The van der Waals surface area contributed by atoms with E-state index in [-0.39, 0.29) is 24.5 Å². The van der Waals surface area contributed by atoms with E-state index in [0.29, 0.717) is 19.4 Å². The first-order valence-corrected chi connectivity index (χ1v) is 7.45. The van der Waals surface area contributed by atoms with E-state index in [1.54, 1.807) is 4.90 Å². The molecule has 106 valence electrons. The van der Waals surface area contributed by atoms with Crippen LogP contribution in [-0.2, 0) is 4.79 Å². The molecule has 1 saturated carbocycles. The van der Waals surface area contributed by atoms with Gasteiger partial charge in [0.05, 0.1) is 12.1 Å². The molecule has 3 fully saturated rings. The highest BCUT2D eigenvalue weighted by Gasteiger charge is 2.48. The molecule has 3 rings (SSSR count). The van der Waals surface area contributed by atoms with E-state index in [2.05, 4.69) is 0 Å². The van der Waals surface area contributed by atoms with Crippen LogP contribution in [0.5, 0.6) is 0 Å². The molecule has 2 saturated heterocycles. The van der Waals surface area contributed by atoms with E-state index >= 15 is 0 Å². The Hall–Kier alpha value is -1.10. The van der Waals surface area contributed by atoms with Crippen LogP contribution in [0.25, 0.3) is 0 Å². The first-order chi connectivity index (χ1) is 9.11. The van der Waals surface area contributed by atoms with Gasteiger partial charge in [-0.2, -0.15) is 0 Å². The molecular weight excluding hydrogens is 244 g/mol. The summed E-state index contributed by atoms with van der Waals surface area (Å²) in [4.78, 5) is 27.6. The maximum Gasteiger partial charge on any atom is 0.327 e. The fourth-order valence-electron chi connectivity index (χ4n) is 3.65. The van der Waals surface area contributed by atoms with E-state index in [9.17, 15) is 14.7 Å². The molecule has 1 aliphatic carbocycles. The number of imide groups is 1. The maximum atomic E-state index is 12.3. The summed E-state index contributed by atoms with van der Waals surface area (Å²) in [6.45, 7) is 0.877. The highest BCUT2D eigenvalue weighted by atomic mass is 16.3. The molecule has 0 aromatic heterocycles. The maximum absolute atomic E-state index is 12.3. The molecule has 0 radical (unpaired) electrons. The summed E-state index contributed by atoms with van der Waals surface area (Å²) in [7, 11) is 0. The molecule has 3 aliphatic rings. The number of hydrogen-bond donors (Lipinski definition) is 1. The molecule has 3 amide bonds. The lowest BCUT2D eigenvalue weighted by Crippen LogP contribution is -2.47. The van der Waals surface area contributed by atoms with Crippen LogP contribution in [0.2, 0.25) is 0 Å². The lowest BCUT2D eigenvalue weighted by Gasteiger charge is -2.34. The second-order valence-corrected chi connectivity index (χ2v) is 6.20. The molecule has 0 aromatic rings. The molecular formula is C14H22N2O3. The number of rotatable bonds is 2. The summed E-state index contributed by atoms with van der Waals surface area (Å²) in [5, 5.41) is 10.5. The van der Waals surface area contributed by atoms with Crippen molar-refractivity contribution in [3.05, 3.63) is 0 Å². The lowest BCUT2D eigenvalue weighted by atomic mass is 9.84. The van der Waals surface area contributed by atoms with Crippen molar-refractivity contribution in [2.45, 2.75) is 63.0 Å². The number of nitrogens with zero attached hydrogens (tertiary/aromatic N) is 2. The molecule has 2 aliphatic heterocycles. The second kappa shape index (κ2) is 4.78. The third-order valence-corrected chi connectivity index (χ3v) is 4.77. The van der Waals surface area contributed by atoms with Gasteiger partial charge in [0, 0.05) is 6.54 Å². The molecule has 1 unspecified atom stereocenters. The third-order valence-electron chi connectivity index (χ3n) is 4.77. The third kappa shape index (κ3) is 2.24. The number of carbonyl (C=O) groups excluding carboxylic acids is 2. The fourth-order valence-corrected chi connectivity index (χ4v) is 3.65. The topological polar surface area (TPSA) is 60.9 Å². The SMILES string of the molecule is O=C1C2CCCCN2C(=O)N1CC1(O)CCCCC1. The second-order valence-electron chi connectivity index (χ2n) is 6.20. The minimum absolute atomic E-state index is 0.0938. The zero-order chi connectivity index (χ0) is 13.5. The van der Waals surface area contributed by atoms with Crippen molar-refractivity contribution >= 4 is 11.9 Å². The largest absolute Gasteiger partial charge is 0.388 e. The Morgan fingerprint density at radius 2 is 1.84 bits per heavy atom. The zero-order valence-corrected chi connectivity index (χ0v) is 11.3. The first kappa shape index (κ1) is 12.9. The number of carbonyl (C=O) groups is 2. The number of amides is 3. The van der Waals surface area contributed by atoms with Crippen molar-refractivity contribution in [2.24, 2.45) is 0 Å². The van der Waals surface area contributed by atoms with Crippen molar-refractivity contribution in [3.63, 3.8) is 0 Å². The Labute approximate surface area is 113 Å². The molecule has 0 aromatic carbocycles. The van der Waals surface area contributed by atoms with Crippen LogP contribution in [0.3, 0.4) is 0 Å². The minimum Gasteiger partial charge on any atom is -0.388 e. The molecule has 1 N–H and O–H groups in total. The van der Waals surface area contributed by atoms with Crippen LogP contribution in [-0.4, -0.2) is 51.6 Å². The van der Waals surface area contributed by atoms with Crippen molar-refractivity contribution in [1.82, 2.24) is 9.80 Å². The Morgan fingerprint density at radius 3 is 2.53 bits per heavy atom. The predicted molar refractivity (Wildman–Crippen MR) is 69.5 cm³/mol. The van der Waals surface area contributed by atoms with Crippen LogP contribution in [0.1, 0.15) is 51.4 Å². The van der Waals surface area contributed by atoms with E-state index in [1.165, 1.54) is 4.90 Å². The number of urea groups is 1. The quantitative estimate of drug-likeness (QED) is 0.770. The number of piperidine rings is 1. The van der Waals surface area contributed by atoms with E-state index in [0.717, 1.165) is 38.5 Å². The van der Waals surface area contributed by atoms with Gasteiger partial charge in [0.25, 0.3) is 5.91 Å². The standard InChI is InChI=1S/C14H22N2O3/c17-12-11-6-2-5-9-15(11)13(18)16(12)10-14(19)7-3-1-4-8-14/h11,19H,1-10H2. The van der Waals surface area contributed by atoms with Gasteiger partial charge in [0.15, 0.2) is 0 Å². The minimum atomic E-state index is -0.849. The molecule has 1 atom stereocenters. The molecule has 2 heterocycles. The summed E-state index contributed by atoms with van der Waals surface area (Å²) in [5.74, 6) is -0.0938. The number of fused-ring (bicyclic) bond motifs is 1. The van der Waals surface area contributed by atoms with Gasteiger partial charge in [0.2, 0.25) is 0 Å². The number of hydrogen-bond acceptors (Lipinski definition) is 3. The lowest BCUT2D eigenvalue weighted by molar-refractivity contribution is -0.132. The van der Waals surface area contributed by atoms with Gasteiger partial charge in [-0.1, -0.05) is 19.3 Å². The van der Waals surface area contributed by atoms with E-state index < -0.39 is 5.60 Å². The van der Waals surface area contributed by atoms with Crippen LogP contribution in [0.4, 0.5) is 4.79 Å². The normalized spacial score (nSPS) is 30.7. The average Bonchev–Trinajstić information content (AvgIpc) is 2.65. The van der Waals surface area contributed by atoms with Gasteiger partial charge in [-0.15, -0.1) is 0 Å². The van der Waals surface area contributed by atoms with E-state index in [1.807, 2.05) is 0 Å². The monoisotopic (exact) mass is 266 g/mol. The van der Waals surface area contributed by atoms with E-state index in [4.69, 9.17) is 0 Å². The van der Waals surface area contributed by atoms with Crippen LogP contribution in [0.15, 0.2) is 0 Å². The Balaban J connectivity index is 1.73. The summed E-state index contributed by atoms with van der Waals surface area (Å²) in [6, 6.07) is -0.442. The van der Waals surface area contributed by atoms with Gasteiger partial charge in [-0.05, 0) is 32.1 Å². The molecule has 0 bridgehead atoms. The fraction of sp³-hybridized carbons (Fsp3) is 0.857. The van der Waals surface area contributed by atoms with Crippen molar-refractivity contribution in [2.75, 3.05) is 13.1 Å². The van der Waals surface area contributed by atoms with Gasteiger partial charge >= 0.3 is 6.03 Å². The molecule has 0 spiro atoms. The molecule has 5 nitrogen and oxygen atoms in total. The van der Waals surface area contributed by atoms with Gasteiger partial charge in [-0.25, -0.2) is 4.79 Å². The molecule has 19 heavy (non-hydrogen) atoms. The van der Waals surface area contributed by atoms with Crippen LogP contribution < -0.4 is 0 Å². The van der Waals surface area contributed by atoms with Crippen LogP contribution >= 0.6 is 0 Å². The van der Waals surface area contributed by atoms with Crippen molar-refractivity contribution in [1.29, 1.82) is 0 Å². The average molecular weight is 266 g/mol. The summed E-state index contributed by atoms with van der Waals surface area (Å²) in [5.41, 5.74) is -0.849. The number of β-amino-alcohol motifs (C(OH)–C–C–N with tert-alkyl or cyclic N) is 1. The number of aliphatic hydroxyl groups is 1. The van der Waals surface area contributed by atoms with Crippen LogP contribution in [0, 0.1) is 0 Å². The highest BCUT2D eigenvalue weighted by molar-refractivity contribution is 6.04. The predicted octanol–water partition coefficient (Wildman–Crippen LogP) is 1.50. The smallest absolute Gasteiger partial charge is 0.327 e. The van der Waals surface area contributed by atoms with Gasteiger partial charge in [0.1, 0.15) is 6.04 Å². The Morgan fingerprint density at radius 1 is 1.11 bits per heavy atom. The highest BCUT2D eigenvalue weighted by Crippen LogP contribution is 2.32. The Kier molecular flexibility index (Phi) is 3.25. The summed E-state index contributed by atoms with van der Waals surface area (Å²) in [6.07, 6.45) is 7.29. The summed E-state index contributed by atoms with van der Waals surface area (Å²) < 4.78 is 0. The molecule has 5 heteroatoms. The zero-order valence-electron chi connectivity index (χ0n) is 11.3. The van der Waals surface area contributed by atoms with Crippen molar-refractivity contribution in [3.8, 4) is 0 Å². The first-order valence-electron chi connectivity index (χ1n) is 7.45. The van der Waals surface area contributed by atoms with Crippen molar-refractivity contribution < 1.29 is 14.7 Å². The van der Waals surface area contributed by atoms with Gasteiger partial charge in [-0.3, -0.25) is 9.69 Å². The summed E-state index contributed by atoms with van der Waals surface area (Å²) >= 11 is 0. The Bertz CT molecular complexity index is 366.